The van der Waals surface area contributed by atoms with Crippen LogP contribution in [0.25, 0.3) is 6.08 Å². The number of esters is 1. The van der Waals surface area contributed by atoms with Gasteiger partial charge in [-0.2, -0.15) is 8.78 Å². The fourth-order valence-corrected chi connectivity index (χ4v) is 1.26. The SMILES string of the molecule is CCOC(=O)C(=O)/C=C/c1ccccc1OC(F)F. The average molecular weight is 270 g/mol. The Morgan fingerprint density at radius 3 is 2.63 bits per heavy atom. The second kappa shape index (κ2) is 7.25. The summed E-state index contributed by atoms with van der Waals surface area (Å²) in [6, 6.07) is 5.92. The van der Waals surface area contributed by atoms with Crippen LogP contribution in [0.15, 0.2) is 30.3 Å². The minimum absolute atomic E-state index is 0.0783. The molecule has 6 heteroatoms. The van der Waals surface area contributed by atoms with Gasteiger partial charge in [0.15, 0.2) is 0 Å². The van der Waals surface area contributed by atoms with Gasteiger partial charge in [0, 0.05) is 5.56 Å². The first-order valence-corrected chi connectivity index (χ1v) is 5.47. The Kier molecular flexibility index (Phi) is 5.66. The number of alkyl halides is 2. The van der Waals surface area contributed by atoms with E-state index in [4.69, 9.17) is 0 Å². The van der Waals surface area contributed by atoms with Crippen molar-refractivity contribution in [3.05, 3.63) is 35.9 Å². The molecule has 1 rings (SSSR count). The van der Waals surface area contributed by atoms with E-state index in [0.29, 0.717) is 0 Å². The first-order valence-electron chi connectivity index (χ1n) is 5.47. The quantitative estimate of drug-likeness (QED) is 0.452. The van der Waals surface area contributed by atoms with Gasteiger partial charge >= 0.3 is 12.6 Å². The van der Waals surface area contributed by atoms with Crippen molar-refractivity contribution in [2.45, 2.75) is 13.5 Å². The molecule has 0 saturated carbocycles. The molecule has 0 N–H and O–H groups in total. The molecule has 4 nitrogen and oxygen atoms in total. The van der Waals surface area contributed by atoms with Crippen LogP contribution in [-0.4, -0.2) is 25.0 Å². The lowest BCUT2D eigenvalue weighted by Gasteiger charge is -2.07. The molecule has 0 aliphatic rings. The zero-order valence-corrected chi connectivity index (χ0v) is 10.1. The fourth-order valence-electron chi connectivity index (χ4n) is 1.26. The van der Waals surface area contributed by atoms with Crippen LogP contribution in [0.1, 0.15) is 12.5 Å². The summed E-state index contributed by atoms with van der Waals surface area (Å²) in [7, 11) is 0. The standard InChI is InChI=1S/C13H12F2O4/c1-2-18-12(17)10(16)8-7-9-5-3-4-6-11(9)19-13(14)15/h3-8,13H,2H2,1H3/b8-7+. The molecular weight excluding hydrogens is 258 g/mol. The number of rotatable bonds is 6. The third kappa shape index (κ3) is 4.87. The first kappa shape index (κ1) is 14.8. The molecule has 0 spiro atoms. The lowest BCUT2D eigenvalue weighted by Crippen LogP contribution is -2.14. The molecule has 102 valence electrons. The zero-order chi connectivity index (χ0) is 14.3. The molecule has 0 aromatic heterocycles. The van der Waals surface area contributed by atoms with Crippen molar-refractivity contribution < 1.29 is 27.8 Å². The van der Waals surface area contributed by atoms with E-state index in [1.54, 1.807) is 13.0 Å². The molecule has 0 bridgehead atoms. The van der Waals surface area contributed by atoms with Crippen molar-refractivity contribution in [1.29, 1.82) is 0 Å². The molecule has 19 heavy (non-hydrogen) atoms. The Hall–Kier alpha value is -2.24. The Morgan fingerprint density at radius 2 is 2.00 bits per heavy atom. The summed E-state index contributed by atoms with van der Waals surface area (Å²) in [6.45, 7) is -1.31. The molecule has 0 saturated heterocycles. The van der Waals surface area contributed by atoms with Crippen molar-refractivity contribution in [2.24, 2.45) is 0 Å². The van der Waals surface area contributed by atoms with Gasteiger partial charge in [0.05, 0.1) is 6.61 Å². The first-order chi connectivity index (χ1) is 9.04. The highest BCUT2D eigenvalue weighted by atomic mass is 19.3. The highest BCUT2D eigenvalue weighted by Crippen LogP contribution is 2.21. The number of hydrogen-bond donors (Lipinski definition) is 0. The van der Waals surface area contributed by atoms with Crippen LogP contribution in [-0.2, 0) is 14.3 Å². The highest BCUT2D eigenvalue weighted by molar-refractivity contribution is 6.39. The normalized spacial score (nSPS) is 10.7. The maximum atomic E-state index is 12.1. The van der Waals surface area contributed by atoms with Gasteiger partial charge in [-0.25, -0.2) is 4.79 Å². The summed E-state index contributed by atoms with van der Waals surface area (Å²) in [4.78, 5) is 22.3. The minimum atomic E-state index is -2.96. The number of carbonyl (C=O) groups is 2. The number of carbonyl (C=O) groups excluding carboxylic acids is 2. The molecule has 1 aromatic carbocycles. The second-order valence-corrected chi connectivity index (χ2v) is 3.33. The van der Waals surface area contributed by atoms with E-state index < -0.39 is 18.4 Å². The smallest absolute Gasteiger partial charge is 0.387 e. The van der Waals surface area contributed by atoms with Gasteiger partial charge in [0.25, 0.3) is 5.78 Å². The van der Waals surface area contributed by atoms with Gasteiger partial charge < -0.3 is 9.47 Å². The lowest BCUT2D eigenvalue weighted by atomic mass is 10.1. The average Bonchev–Trinajstić information content (AvgIpc) is 2.37. The molecule has 0 aliphatic heterocycles. The molecule has 0 radical (unpaired) electrons. The maximum absolute atomic E-state index is 12.1. The minimum Gasteiger partial charge on any atom is -0.460 e. The molecule has 0 heterocycles. The summed E-state index contributed by atoms with van der Waals surface area (Å²) in [6.07, 6.45) is 2.17. The van der Waals surface area contributed by atoms with E-state index >= 15 is 0 Å². The van der Waals surface area contributed by atoms with Crippen molar-refractivity contribution in [1.82, 2.24) is 0 Å². The topological polar surface area (TPSA) is 52.6 Å². The van der Waals surface area contributed by atoms with Crippen LogP contribution in [0.2, 0.25) is 0 Å². The second-order valence-electron chi connectivity index (χ2n) is 3.33. The number of ether oxygens (including phenoxy) is 2. The van der Waals surface area contributed by atoms with Gasteiger partial charge in [-0.05, 0) is 25.1 Å². The molecule has 0 unspecified atom stereocenters. The van der Waals surface area contributed by atoms with E-state index in [2.05, 4.69) is 9.47 Å². The molecule has 0 aliphatic carbocycles. The van der Waals surface area contributed by atoms with E-state index in [9.17, 15) is 18.4 Å². The van der Waals surface area contributed by atoms with Crippen molar-refractivity contribution in [3.8, 4) is 5.75 Å². The van der Waals surface area contributed by atoms with Crippen LogP contribution < -0.4 is 4.74 Å². The molecule has 0 atom stereocenters. The van der Waals surface area contributed by atoms with E-state index in [-0.39, 0.29) is 17.9 Å². The van der Waals surface area contributed by atoms with Crippen LogP contribution in [0.4, 0.5) is 8.78 Å². The van der Waals surface area contributed by atoms with E-state index in [0.717, 1.165) is 6.08 Å². The van der Waals surface area contributed by atoms with Crippen molar-refractivity contribution in [2.75, 3.05) is 6.61 Å². The van der Waals surface area contributed by atoms with Crippen LogP contribution in [0, 0.1) is 0 Å². The molecule has 0 amide bonds. The summed E-state index contributed by atoms with van der Waals surface area (Å²) in [5.41, 5.74) is 0.264. The Bertz CT molecular complexity index is 483. The van der Waals surface area contributed by atoms with Crippen LogP contribution in [0.5, 0.6) is 5.75 Å². The van der Waals surface area contributed by atoms with Crippen LogP contribution in [0.3, 0.4) is 0 Å². The number of ketones is 1. The van der Waals surface area contributed by atoms with Gasteiger partial charge in [0.2, 0.25) is 0 Å². The Balaban J connectivity index is 2.81. The maximum Gasteiger partial charge on any atom is 0.387 e. The molecule has 0 fully saturated rings. The fraction of sp³-hybridized carbons (Fsp3) is 0.231. The van der Waals surface area contributed by atoms with E-state index in [1.807, 2.05) is 0 Å². The van der Waals surface area contributed by atoms with E-state index in [1.165, 1.54) is 24.3 Å². The largest absolute Gasteiger partial charge is 0.460 e. The number of hydrogen-bond acceptors (Lipinski definition) is 4. The predicted octanol–water partition coefficient (Wildman–Crippen LogP) is 2.43. The van der Waals surface area contributed by atoms with Crippen molar-refractivity contribution >= 4 is 17.8 Å². The van der Waals surface area contributed by atoms with Gasteiger partial charge in [-0.1, -0.05) is 18.2 Å². The van der Waals surface area contributed by atoms with Crippen LogP contribution >= 0.6 is 0 Å². The van der Waals surface area contributed by atoms with Crippen molar-refractivity contribution in [3.63, 3.8) is 0 Å². The van der Waals surface area contributed by atoms with Gasteiger partial charge in [-0.15, -0.1) is 0 Å². The number of halogens is 2. The highest BCUT2D eigenvalue weighted by Gasteiger charge is 2.11. The predicted molar refractivity (Wildman–Crippen MR) is 63.7 cm³/mol. The third-order valence-electron chi connectivity index (χ3n) is 2.03. The van der Waals surface area contributed by atoms with Gasteiger partial charge in [0.1, 0.15) is 5.75 Å². The zero-order valence-electron chi connectivity index (χ0n) is 10.1. The summed E-state index contributed by atoms with van der Waals surface area (Å²) in [5, 5.41) is 0. The number of para-hydroxylation sites is 1. The molecular formula is C13H12F2O4. The van der Waals surface area contributed by atoms with Gasteiger partial charge in [-0.3, -0.25) is 4.79 Å². The summed E-state index contributed by atoms with van der Waals surface area (Å²) >= 11 is 0. The summed E-state index contributed by atoms with van der Waals surface area (Å²) < 4.78 is 33.1. The monoisotopic (exact) mass is 270 g/mol. The third-order valence-corrected chi connectivity index (χ3v) is 2.03. The number of benzene rings is 1. The lowest BCUT2D eigenvalue weighted by molar-refractivity contribution is -0.151. The Morgan fingerprint density at radius 1 is 1.32 bits per heavy atom. The molecule has 1 aromatic rings. The Labute approximate surface area is 108 Å². The summed E-state index contributed by atoms with van der Waals surface area (Å²) in [5.74, 6) is -1.94.